The normalized spacial score (nSPS) is 11.2. The van der Waals surface area contributed by atoms with Crippen LogP contribution in [-0.4, -0.2) is 16.5 Å². The highest BCUT2D eigenvalue weighted by molar-refractivity contribution is 6.31. The summed E-state index contributed by atoms with van der Waals surface area (Å²) in [5, 5.41) is 4.83. The molecule has 0 spiro atoms. The molecule has 0 saturated carbocycles. The molecule has 1 N–H and O–H groups in total. The van der Waals surface area contributed by atoms with Crippen LogP contribution in [0.25, 0.3) is 10.9 Å². The zero-order valence-corrected chi connectivity index (χ0v) is 12.1. The van der Waals surface area contributed by atoms with E-state index in [2.05, 4.69) is 19.2 Å². The number of fused-ring (bicyclic) bond motifs is 1. The van der Waals surface area contributed by atoms with E-state index in [1.54, 1.807) is 0 Å². The van der Waals surface area contributed by atoms with Crippen molar-refractivity contribution in [2.24, 2.45) is 0 Å². The van der Waals surface area contributed by atoms with Gasteiger partial charge in [-0.05, 0) is 36.4 Å². The molecule has 0 aliphatic heterocycles. The second-order valence-electron chi connectivity index (χ2n) is 4.73. The van der Waals surface area contributed by atoms with Crippen LogP contribution in [-0.2, 0) is 11.3 Å². The molecule has 1 heterocycles. The third-order valence-electron chi connectivity index (χ3n) is 3.40. The Morgan fingerprint density at radius 1 is 1.32 bits per heavy atom. The Morgan fingerprint density at radius 2 is 2.05 bits per heavy atom. The molecule has 0 saturated heterocycles. The summed E-state index contributed by atoms with van der Waals surface area (Å²) >= 11 is 6.00. The van der Waals surface area contributed by atoms with Crippen LogP contribution in [0.2, 0.25) is 5.02 Å². The van der Waals surface area contributed by atoms with Gasteiger partial charge >= 0.3 is 0 Å². The van der Waals surface area contributed by atoms with E-state index in [0.717, 1.165) is 23.7 Å². The Bertz CT molecular complexity index is 573. The molecule has 1 aromatic carbocycles. The van der Waals surface area contributed by atoms with E-state index in [4.69, 9.17) is 11.6 Å². The zero-order valence-electron chi connectivity index (χ0n) is 11.3. The van der Waals surface area contributed by atoms with Crippen molar-refractivity contribution in [3.8, 4) is 0 Å². The molecule has 0 fully saturated rings. The quantitative estimate of drug-likeness (QED) is 0.891. The molecule has 2 rings (SSSR count). The summed E-state index contributed by atoms with van der Waals surface area (Å²) in [5.74, 6) is 0.0474. The first-order chi connectivity index (χ1) is 9.13. The predicted molar refractivity (Wildman–Crippen MR) is 79.5 cm³/mol. The van der Waals surface area contributed by atoms with E-state index >= 15 is 0 Å². The topological polar surface area (TPSA) is 34.0 Å². The molecule has 19 heavy (non-hydrogen) atoms. The molecule has 0 aliphatic carbocycles. The Morgan fingerprint density at radius 3 is 2.74 bits per heavy atom. The molecular formula is C15H19ClN2O. The number of aromatic nitrogens is 1. The maximum atomic E-state index is 12.0. The second-order valence-corrected chi connectivity index (χ2v) is 5.16. The van der Waals surface area contributed by atoms with E-state index in [1.807, 2.05) is 35.0 Å². The fourth-order valence-electron chi connectivity index (χ4n) is 2.22. The van der Waals surface area contributed by atoms with Crippen LogP contribution in [0.3, 0.4) is 0 Å². The van der Waals surface area contributed by atoms with E-state index < -0.39 is 0 Å². The van der Waals surface area contributed by atoms with Gasteiger partial charge in [0.05, 0.1) is 0 Å². The minimum atomic E-state index is 0.0474. The lowest BCUT2D eigenvalue weighted by Crippen LogP contribution is -2.36. The predicted octanol–water partition coefficient (Wildman–Crippen LogP) is 3.60. The lowest BCUT2D eigenvalue weighted by molar-refractivity contribution is -0.122. The minimum absolute atomic E-state index is 0.0474. The number of rotatable bonds is 5. The number of carbonyl (C=O) groups excluding carboxylic acids is 1. The third-order valence-corrected chi connectivity index (χ3v) is 3.64. The van der Waals surface area contributed by atoms with Crippen molar-refractivity contribution in [1.29, 1.82) is 0 Å². The van der Waals surface area contributed by atoms with Crippen LogP contribution in [0.15, 0.2) is 30.5 Å². The molecule has 0 unspecified atom stereocenters. The Balaban J connectivity index is 2.13. The lowest BCUT2D eigenvalue weighted by Gasteiger charge is -2.15. The largest absolute Gasteiger partial charge is 0.352 e. The summed E-state index contributed by atoms with van der Waals surface area (Å²) in [4.78, 5) is 12.0. The number of nitrogens with one attached hydrogen (secondary N) is 1. The van der Waals surface area contributed by atoms with Crippen LogP contribution >= 0.6 is 11.6 Å². The first-order valence-electron chi connectivity index (χ1n) is 6.67. The number of amides is 1. The molecule has 1 aromatic heterocycles. The van der Waals surface area contributed by atoms with Crippen LogP contribution in [0.1, 0.15) is 26.7 Å². The Labute approximate surface area is 118 Å². The van der Waals surface area contributed by atoms with Gasteiger partial charge in [0, 0.05) is 22.8 Å². The molecule has 102 valence electrons. The Hall–Kier alpha value is -1.48. The van der Waals surface area contributed by atoms with Crippen molar-refractivity contribution in [3.05, 3.63) is 35.5 Å². The molecule has 0 aliphatic rings. The zero-order chi connectivity index (χ0) is 13.8. The van der Waals surface area contributed by atoms with E-state index in [1.165, 1.54) is 0 Å². The van der Waals surface area contributed by atoms with Crippen molar-refractivity contribution >= 4 is 28.4 Å². The summed E-state index contributed by atoms with van der Waals surface area (Å²) in [6.45, 7) is 4.50. The van der Waals surface area contributed by atoms with Crippen molar-refractivity contribution in [3.63, 3.8) is 0 Å². The summed E-state index contributed by atoms with van der Waals surface area (Å²) in [5.41, 5.74) is 0.993. The van der Waals surface area contributed by atoms with E-state index in [0.29, 0.717) is 11.6 Å². The summed E-state index contributed by atoms with van der Waals surface area (Å²) in [7, 11) is 0. The molecule has 1 amide bonds. The maximum Gasteiger partial charge on any atom is 0.240 e. The minimum Gasteiger partial charge on any atom is -0.352 e. The smallest absolute Gasteiger partial charge is 0.240 e. The molecule has 0 atom stereocenters. The number of halogens is 1. The van der Waals surface area contributed by atoms with E-state index in [9.17, 15) is 4.79 Å². The van der Waals surface area contributed by atoms with Gasteiger partial charge in [0.1, 0.15) is 6.54 Å². The van der Waals surface area contributed by atoms with Crippen molar-refractivity contribution < 1.29 is 4.79 Å². The molecular weight excluding hydrogens is 260 g/mol. The summed E-state index contributed by atoms with van der Waals surface area (Å²) < 4.78 is 1.93. The fourth-order valence-corrected chi connectivity index (χ4v) is 2.38. The molecule has 3 nitrogen and oxygen atoms in total. The van der Waals surface area contributed by atoms with Gasteiger partial charge in [-0.15, -0.1) is 0 Å². The number of benzene rings is 1. The number of hydrogen-bond acceptors (Lipinski definition) is 1. The van der Waals surface area contributed by atoms with Gasteiger partial charge in [-0.25, -0.2) is 0 Å². The third kappa shape index (κ3) is 3.29. The maximum absolute atomic E-state index is 12.0. The first-order valence-corrected chi connectivity index (χ1v) is 7.05. The number of hydrogen-bond donors (Lipinski definition) is 1. The average molecular weight is 279 g/mol. The summed E-state index contributed by atoms with van der Waals surface area (Å²) in [6.07, 6.45) is 3.84. The molecule has 0 bridgehead atoms. The monoisotopic (exact) mass is 278 g/mol. The molecule has 0 radical (unpaired) electrons. The van der Waals surface area contributed by atoms with Gasteiger partial charge in [0.15, 0.2) is 0 Å². The van der Waals surface area contributed by atoms with Gasteiger partial charge < -0.3 is 9.88 Å². The van der Waals surface area contributed by atoms with Gasteiger partial charge in [-0.2, -0.15) is 0 Å². The van der Waals surface area contributed by atoms with Crippen LogP contribution in [0, 0.1) is 0 Å². The van der Waals surface area contributed by atoms with E-state index in [-0.39, 0.29) is 11.9 Å². The van der Waals surface area contributed by atoms with Gasteiger partial charge in [0.2, 0.25) is 5.91 Å². The molecule has 2 aromatic rings. The van der Waals surface area contributed by atoms with Crippen LogP contribution < -0.4 is 5.32 Å². The highest BCUT2D eigenvalue weighted by Crippen LogP contribution is 2.20. The highest BCUT2D eigenvalue weighted by Gasteiger charge is 2.10. The second kappa shape index (κ2) is 6.11. The highest BCUT2D eigenvalue weighted by atomic mass is 35.5. The van der Waals surface area contributed by atoms with Gasteiger partial charge in [-0.1, -0.05) is 31.5 Å². The average Bonchev–Trinajstić information content (AvgIpc) is 2.78. The van der Waals surface area contributed by atoms with Crippen LogP contribution in [0.4, 0.5) is 0 Å². The Kier molecular flexibility index (Phi) is 4.48. The van der Waals surface area contributed by atoms with Crippen molar-refractivity contribution in [1.82, 2.24) is 9.88 Å². The van der Waals surface area contributed by atoms with Gasteiger partial charge in [0.25, 0.3) is 0 Å². The number of carbonyl (C=O) groups is 1. The van der Waals surface area contributed by atoms with Crippen LogP contribution in [0.5, 0.6) is 0 Å². The standard InChI is InChI=1S/C15H19ClN2O/c1-3-13(4-2)17-15(19)10-18-8-7-11-5-6-12(16)9-14(11)18/h5-9,13H,3-4,10H2,1-2H3,(H,17,19). The first kappa shape index (κ1) is 13.9. The van der Waals surface area contributed by atoms with Crippen molar-refractivity contribution in [2.75, 3.05) is 0 Å². The van der Waals surface area contributed by atoms with Crippen molar-refractivity contribution in [2.45, 2.75) is 39.3 Å². The summed E-state index contributed by atoms with van der Waals surface area (Å²) in [6, 6.07) is 7.97. The molecule has 4 heteroatoms. The fraction of sp³-hybridized carbons (Fsp3) is 0.400. The van der Waals surface area contributed by atoms with Gasteiger partial charge in [-0.3, -0.25) is 4.79 Å². The SMILES string of the molecule is CCC(CC)NC(=O)Cn1ccc2ccc(Cl)cc21. The number of nitrogens with zero attached hydrogens (tertiary/aromatic N) is 1. The lowest BCUT2D eigenvalue weighted by atomic mass is 10.2.